The maximum atomic E-state index is 13.8. The Morgan fingerprint density at radius 3 is 2.59 bits per heavy atom. The van der Waals surface area contributed by atoms with E-state index in [0.717, 1.165) is 33.4 Å². The van der Waals surface area contributed by atoms with E-state index in [4.69, 9.17) is 9.97 Å². The molecule has 0 radical (unpaired) electrons. The summed E-state index contributed by atoms with van der Waals surface area (Å²) in [5.74, 6) is 0.250. The van der Waals surface area contributed by atoms with Crippen molar-refractivity contribution in [1.29, 1.82) is 0 Å². The van der Waals surface area contributed by atoms with Crippen LogP contribution in [-0.4, -0.2) is 35.1 Å². The van der Waals surface area contributed by atoms with Crippen molar-refractivity contribution in [2.24, 2.45) is 0 Å². The van der Waals surface area contributed by atoms with Crippen molar-refractivity contribution in [2.45, 2.75) is 6.92 Å². The van der Waals surface area contributed by atoms with Gasteiger partial charge in [0.25, 0.3) is 0 Å². The standard InChI is InChI=1S/C24H16FN7/c1-13-7-15(10-26-9-13)18-5-6-19-22(28-18)23(32-31-19)24-29-20-12-27-11-17(21(20)30-24)14-3-2-4-16(25)8-14/h2-12H,1H3,(H,29,30)(H,31,32). The highest BCUT2D eigenvalue weighted by atomic mass is 19.1. The molecule has 154 valence electrons. The quantitative estimate of drug-likeness (QED) is 0.416. The summed E-state index contributed by atoms with van der Waals surface area (Å²) in [5, 5.41) is 7.47. The average Bonchev–Trinajstić information content (AvgIpc) is 3.42. The molecule has 2 N–H and O–H groups in total. The second-order valence-corrected chi connectivity index (χ2v) is 7.59. The lowest BCUT2D eigenvalue weighted by Crippen LogP contribution is -1.88. The van der Waals surface area contributed by atoms with Gasteiger partial charge < -0.3 is 4.98 Å². The lowest BCUT2D eigenvalue weighted by molar-refractivity contribution is 0.628. The van der Waals surface area contributed by atoms with Gasteiger partial charge in [0.05, 0.1) is 28.4 Å². The van der Waals surface area contributed by atoms with Crippen LogP contribution in [0.4, 0.5) is 4.39 Å². The number of benzene rings is 1. The number of nitrogens with one attached hydrogen (secondary N) is 2. The predicted octanol–water partition coefficient (Wildman–Crippen LogP) is 5.07. The summed E-state index contributed by atoms with van der Waals surface area (Å²) in [7, 11) is 0. The second kappa shape index (κ2) is 7.05. The van der Waals surface area contributed by atoms with Crippen LogP contribution >= 0.6 is 0 Å². The first kappa shape index (κ1) is 18.3. The van der Waals surface area contributed by atoms with E-state index in [9.17, 15) is 4.39 Å². The fraction of sp³-hybridized carbons (Fsp3) is 0.0417. The number of hydrogen-bond acceptors (Lipinski definition) is 5. The van der Waals surface area contributed by atoms with Crippen molar-refractivity contribution in [3.8, 4) is 33.9 Å². The molecule has 0 fully saturated rings. The Morgan fingerprint density at radius 2 is 1.72 bits per heavy atom. The number of aromatic amines is 2. The third-order valence-electron chi connectivity index (χ3n) is 5.33. The van der Waals surface area contributed by atoms with Crippen LogP contribution in [0.25, 0.3) is 56.0 Å². The van der Waals surface area contributed by atoms with E-state index in [1.54, 1.807) is 24.7 Å². The van der Waals surface area contributed by atoms with Crippen LogP contribution < -0.4 is 0 Å². The maximum Gasteiger partial charge on any atom is 0.161 e. The molecule has 5 aromatic heterocycles. The molecule has 0 aliphatic rings. The van der Waals surface area contributed by atoms with Gasteiger partial charge in [0, 0.05) is 29.7 Å². The summed E-state index contributed by atoms with van der Waals surface area (Å²) in [6.07, 6.45) is 6.98. The highest BCUT2D eigenvalue weighted by Crippen LogP contribution is 2.31. The Bertz CT molecular complexity index is 1620. The fourth-order valence-electron chi connectivity index (χ4n) is 3.83. The van der Waals surface area contributed by atoms with E-state index in [1.165, 1.54) is 12.1 Å². The largest absolute Gasteiger partial charge is 0.335 e. The van der Waals surface area contributed by atoms with Gasteiger partial charge in [-0.25, -0.2) is 14.4 Å². The van der Waals surface area contributed by atoms with Gasteiger partial charge in [0.1, 0.15) is 11.3 Å². The Kier molecular flexibility index (Phi) is 4.04. The molecule has 0 spiro atoms. The molecule has 0 aliphatic heterocycles. The minimum atomic E-state index is -0.309. The summed E-state index contributed by atoms with van der Waals surface area (Å²) >= 11 is 0. The first-order valence-corrected chi connectivity index (χ1v) is 10.0. The lowest BCUT2D eigenvalue weighted by Gasteiger charge is -2.02. The molecule has 5 heterocycles. The first-order valence-electron chi connectivity index (χ1n) is 10.0. The van der Waals surface area contributed by atoms with Crippen LogP contribution in [0.15, 0.2) is 67.3 Å². The van der Waals surface area contributed by atoms with Gasteiger partial charge in [-0.2, -0.15) is 5.10 Å². The highest BCUT2D eigenvalue weighted by Gasteiger charge is 2.17. The van der Waals surface area contributed by atoms with Crippen LogP contribution in [-0.2, 0) is 0 Å². The SMILES string of the molecule is Cc1cncc(-c2ccc3[nH]nc(-c4nc5c(-c6cccc(F)c6)cncc5[nH]4)c3n2)c1. The molecule has 0 unspecified atom stereocenters. The molecule has 1 aromatic carbocycles. The molecule has 0 saturated carbocycles. The number of aryl methyl sites for hydroxylation is 1. The van der Waals surface area contributed by atoms with E-state index in [0.29, 0.717) is 28.1 Å². The van der Waals surface area contributed by atoms with E-state index in [1.807, 2.05) is 37.4 Å². The monoisotopic (exact) mass is 421 g/mol. The average molecular weight is 421 g/mol. The Balaban J connectivity index is 1.51. The number of nitrogens with zero attached hydrogens (tertiary/aromatic N) is 5. The van der Waals surface area contributed by atoms with Crippen molar-refractivity contribution in [2.75, 3.05) is 0 Å². The molecule has 8 heteroatoms. The molecule has 7 nitrogen and oxygen atoms in total. The van der Waals surface area contributed by atoms with Gasteiger partial charge in [0.2, 0.25) is 0 Å². The minimum Gasteiger partial charge on any atom is -0.335 e. The number of aromatic nitrogens is 7. The Hall–Kier alpha value is -4.46. The number of imidazole rings is 1. The van der Waals surface area contributed by atoms with E-state index in [2.05, 4.69) is 25.1 Å². The molecule has 6 aromatic rings. The highest BCUT2D eigenvalue weighted by molar-refractivity contribution is 5.95. The van der Waals surface area contributed by atoms with Crippen molar-refractivity contribution in [3.63, 3.8) is 0 Å². The molecule has 0 bridgehead atoms. The number of hydrogen-bond donors (Lipinski definition) is 2. The zero-order valence-corrected chi connectivity index (χ0v) is 17.0. The van der Waals surface area contributed by atoms with Crippen molar-refractivity contribution in [1.82, 2.24) is 35.1 Å². The minimum absolute atomic E-state index is 0.309. The Labute approximate surface area is 181 Å². The van der Waals surface area contributed by atoms with Gasteiger partial charge >= 0.3 is 0 Å². The van der Waals surface area contributed by atoms with Crippen molar-refractivity contribution in [3.05, 3.63) is 78.6 Å². The van der Waals surface area contributed by atoms with E-state index in [-0.39, 0.29) is 5.82 Å². The molecule has 32 heavy (non-hydrogen) atoms. The maximum absolute atomic E-state index is 13.8. The Morgan fingerprint density at radius 1 is 0.812 bits per heavy atom. The number of H-pyrrole nitrogens is 2. The summed E-state index contributed by atoms with van der Waals surface area (Å²) in [4.78, 5) is 21.4. The fourth-order valence-corrected chi connectivity index (χ4v) is 3.83. The summed E-state index contributed by atoms with van der Waals surface area (Å²) in [6, 6.07) is 12.3. The van der Waals surface area contributed by atoms with Gasteiger partial charge in [0.15, 0.2) is 11.5 Å². The topological polar surface area (TPSA) is 96.0 Å². The second-order valence-electron chi connectivity index (χ2n) is 7.59. The normalized spacial score (nSPS) is 11.4. The van der Waals surface area contributed by atoms with Crippen LogP contribution in [0, 0.1) is 12.7 Å². The van der Waals surface area contributed by atoms with E-state index < -0.39 is 0 Å². The number of rotatable bonds is 3. The summed E-state index contributed by atoms with van der Waals surface area (Å²) < 4.78 is 13.8. The van der Waals surface area contributed by atoms with Crippen LogP contribution in [0.1, 0.15) is 5.56 Å². The molecule has 0 atom stereocenters. The molecule has 0 aliphatic carbocycles. The van der Waals surface area contributed by atoms with Crippen LogP contribution in [0.5, 0.6) is 0 Å². The van der Waals surface area contributed by atoms with Gasteiger partial charge in [-0.3, -0.25) is 15.1 Å². The zero-order chi connectivity index (χ0) is 21.7. The number of halogens is 1. The number of pyridine rings is 3. The molecule has 0 saturated heterocycles. The smallest absolute Gasteiger partial charge is 0.161 e. The van der Waals surface area contributed by atoms with Gasteiger partial charge in [-0.15, -0.1) is 0 Å². The van der Waals surface area contributed by atoms with Crippen LogP contribution in [0.3, 0.4) is 0 Å². The van der Waals surface area contributed by atoms with Gasteiger partial charge in [-0.05, 0) is 48.4 Å². The third kappa shape index (κ3) is 3.01. The van der Waals surface area contributed by atoms with Crippen LogP contribution in [0.2, 0.25) is 0 Å². The molecule has 6 rings (SSSR count). The van der Waals surface area contributed by atoms with Gasteiger partial charge in [-0.1, -0.05) is 12.1 Å². The van der Waals surface area contributed by atoms with Crippen molar-refractivity contribution < 1.29 is 4.39 Å². The summed E-state index contributed by atoms with van der Waals surface area (Å²) in [5.41, 5.74) is 7.76. The summed E-state index contributed by atoms with van der Waals surface area (Å²) in [6.45, 7) is 2.00. The molecular weight excluding hydrogens is 405 g/mol. The molecule has 0 amide bonds. The molecular formula is C24H16FN7. The zero-order valence-electron chi connectivity index (χ0n) is 17.0. The predicted molar refractivity (Wildman–Crippen MR) is 120 cm³/mol. The van der Waals surface area contributed by atoms with E-state index >= 15 is 0 Å². The third-order valence-corrected chi connectivity index (χ3v) is 5.33. The lowest BCUT2D eigenvalue weighted by atomic mass is 10.1. The van der Waals surface area contributed by atoms with Crippen molar-refractivity contribution >= 4 is 22.1 Å². The first-order chi connectivity index (χ1) is 15.7. The number of fused-ring (bicyclic) bond motifs is 2.